The largest absolute Gasteiger partial charge is 0.338 e. The number of benzene rings is 2. The average Bonchev–Trinajstić information content (AvgIpc) is 3.20. The number of nitrogens with zero attached hydrogens (tertiary/aromatic N) is 1. The summed E-state index contributed by atoms with van der Waals surface area (Å²) in [5, 5.41) is 3.53. The summed E-state index contributed by atoms with van der Waals surface area (Å²) in [4.78, 5) is 24.3. The van der Waals surface area contributed by atoms with Crippen LogP contribution in [0.15, 0.2) is 65.6 Å². The zero-order valence-electron chi connectivity index (χ0n) is 14.2. The van der Waals surface area contributed by atoms with E-state index < -0.39 is 0 Å². The molecule has 4 rings (SSSR count). The Morgan fingerprint density at radius 2 is 1.92 bits per heavy atom. The minimum Gasteiger partial charge on any atom is -0.338 e. The molecule has 1 aliphatic rings. The van der Waals surface area contributed by atoms with Crippen molar-refractivity contribution in [3.05, 3.63) is 76.6 Å². The van der Waals surface area contributed by atoms with Crippen molar-refractivity contribution < 1.29 is 4.79 Å². The van der Waals surface area contributed by atoms with E-state index in [1.54, 1.807) is 16.8 Å². The number of pyridine rings is 1. The van der Waals surface area contributed by atoms with E-state index in [-0.39, 0.29) is 17.9 Å². The molecule has 26 heavy (non-hydrogen) atoms. The molecule has 1 fully saturated rings. The maximum Gasteiger partial charge on any atom is 0.244 e. The molecular weight excluding hydrogens is 328 g/mol. The normalized spacial score (nSPS) is 16.7. The van der Waals surface area contributed by atoms with E-state index >= 15 is 0 Å². The van der Waals surface area contributed by atoms with Gasteiger partial charge in [-0.05, 0) is 36.2 Å². The molecule has 0 bridgehead atoms. The Labute approximate surface area is 150 Å². The van der Waals surface area contributed by atoms with E-state index in [4.69, 9.17) is 0 Å². The Hall–Kier alpha value is -2.96. The highest BCUT2D eigenvalue weighted by atomic mass is 16.2. The molecule has 0 aliphatic carbocycles. The Balaban J connectivity index is 1.47. The minimum atomic E-state index is -0.132. The van der Waals surface area contributed by atoms with Crippen molar-refractivity contribution in [2.24, 2.45) is 0 Å². The third kappa shape index (κ3) is 3.37. The first kappa shape index (κ1) is 16.5. The number of anilines is 1. The van der Waals surface area contributed by atoms with E-state index in [0.717, 1.165) is 24.2 Å². The van der Waals surface area contributed by atoms with E-state index in [0.29, 0.717) is 11.4 Å². The molecule has 1 atom stereocenters. The van der Waals surface area contributed by atoms with Crippen molar-refractivity contribution in [2.45, 2.75) is 19.0 Å². The van der Waals surface area contributed by atoms with Gasteiger partial charge in [-0.3, -0.25) is 20.4 Å². The number of carbonyl (C=O) groups is 1. The second-order valence-electron chi connectivity index (χ2n) is 6.41. The second kappa shape index (κ2) is 7.11. The summed E-state index contributed by atoms with van der Waals surface area (Å²) < 4.78 is 1.79. The summed E-state index contributed by atoms with van der Waals surface area (Å²) in [6, 6.07) is 17.0. The lowest BCUT2D eigenvalue weighted by atomic mass is 10.1. The lowest BCUT2D eigenvalue weighted by Gasteiger charge is -2.13. The molecule has 6 nitrogen and oxygen atoms in total. The quantitative estimate of drug-likeness (QED) is 0.676. The molecule has 6 heteroatoms. The first-order chi connectivity index (χ1) is 12.7. The molecule has 2 aromatic carbocycles. The molecule has 3 aromatic rings. The topological polar surface area (TPSA) is 75.2 Å². The predicted octanol–water partition coefficient (Wildman–Crippen LogP) is 2.18. The number of hydrazine groups is 1. The molecule has 2 heterocycles. The Morgan fingerprint density at radius 1 is 1.12 bits per heavy atom. The van der Waals surface area contributed by atoms with Crippen LogP contribution in [0.1, 0.15) is 18.0 Å². The molecular formula is C20H20N4O2. The summed E-state index contributed by atoms with van der Waals surface area (Å²) in [6.45, 7) is 1.10. The molecule has 1 aliphatic heterocycles. The van der Waals surface area contributed by atoms with Crippen molar-refractivity contribution in [3.8, 4) is 0 Å². The van der Waals surface area contributed by atoms with Crippen molar-refractivity contribution in [1.82, 2.24) is 15.4 Å². The van der Waals surface area contributed by atoms with Crippen LogP contribution in [-0.2, 0) is 11.3 Å². The molecule has 1 saturated heterocycles. The molecule has 0 spiro atoms. The number of aromatic nitrogens is 1. The molecule has 0 saturated carbocycles. The van der Waals surface area contributed by atoms with Crippen LogP contribution < -0.4 is 21.6 Å². The Morgan fingerprint density at radius 3 is 2.69 bits per heavy atom. The fraction of sp³-hybridized carbons (Fsp3) is 0.200. The summed E-state index contributed by atoms with van der Waals surface area (Å²) in [7, 11) is 0. The molecule has 3 N–H and O–H groups in total. The van der Waals surface area contributed by atoms with Crippen molar-refractivity contribution in [1.29, 1.82) is 0 Å². The second-order valence-corrected chi connectivity index (χ2v) is 6.41. The fourth-order valence-electron chi connectivity index (χ4n) is 3.29. The van der Waals surface area contributed by atoms with Gasteiger partial charge in [0.2, 0.25) is 5.91 Å². The number of nitrogens with one attached hydrogen (secondary N) is 3. The number of rotatable bonds is 4. The van der Waals surface area contributed by atoms with Crippen LogP contribution >= 0.6 is 0 Å². The maximum atomic E-state index is 12.4. The SMILES string of the molecule is O=C(Cn1ccc(=O)c2ccccc21)Nc1ccc(C2CCNN2)cc1. The number of amides is 1. The molecule has 132 valence electrons. The third-order valence-electron chi connectivity index (χ3n) is 4.63. The monoisotopic (exact) mass is 348 g/mol. The summed E-state index contributed by atoms with van der Waals surface area (Å²) in [6.07, 6.45) is 2.71. The van der Waals surface area contributed by atoms with Gasteiger partial charge in [-0.25, -0.2) is 0 Å². The summed E-state index contributed by atoms with van der Waals surface area (Å²) in [5.74, 6) is -0.132. The van der Waals surface area contributed by atoms with Gasteiger partial charge < -0.3 is 9.88 Å². The van der Waals surface area contributed by atoms with Crippen molar-refractivity contribution in [3.63, 3.8) is 0 Å². The first-order valence-corrected chi connectivity index (χ1v) is 8.67. The highest BCUT2D eigenvalue weighted by Crippen LogP contribution is 2.20. The van der Waals surface area contributed by atoms with Crippen LogP contribution in [0.25, 0.3) is 10.9 Å². The minimum absolute atomic E-state index is 0.0390. The van der Waals surface area contributed by atoms with Gasteiger partial charge in [-0.1, -0.05) is 24.3 Å². The first-order valence-electron chi connectivity index (χ1n) is 8.67. The van der Waals surface area contributed by atoms with Gasteiger partial charge in [0.15, 0.2) is 5.43 Å². The number of hydrogen-bond donors (Lipinski definition) is 3. The fourth-order valence-corrected chi connectivity index (χ4v) is 3.29. The third-order valence-corrected chi connectivity index (χ3v) is 4.63. The van der Waals surface area contributed by atoms with Crippen LogP contribution in [0.5, 0.6) is 0 Å². The molecule has 1 unspecified atom stereocenters. The van der Waals surface area contributed by atoms with Gasteiger partial charge in [0.05, 0.1) is 5.52 Å². The predicted molar refractivity (Wildman–Crippen MR) is 102 cm³/mol. The van der Waals surface area contributed by atoms with Crippen LogP contribution in [0.2, 0.25) is 0 Å². The van der Waals surface area contributed by atoms with Crippen LogP contribution in [0, 0.1) is 0 Å². The van der Waals surface area contributed by atoms with Crippen LogP contribution in [0.4, 0.5) is 5.69 Å². The van der Waals surface area contributed by atoms with E-state index in [9.17, 15) is 9.59 Å². The van der Waals surface area contributed by atoms with E-state index in [1.165, 1.54) is 11.6 Å². The van der Waals surface area contributed by atoms with Crippen LogP contribution in [-0.4, -0.2) is 17.0 Å². The Bertz CT molecular complexity index is 989. The van der Waals surface area contributed by atoms with Gasteiger partial charge in [0, 0.05) is 35.9 Å². The zero-order valence-corrected chi connectivity index (χ0v) is 14.2. The highest BCUT2D eigenvalue weighted by molar-refractivity contribution is 5.91. The van der Waals surface area contributed by atoms with Gasteiger partial charge in [-0.2, -0.15) is 0 Å². The van der Waals surface area contributed by atoms with E-state index in [1.807, 2.05) is 42.5 Å². The smallest absolute Gasteiger partial charge is 0.244 e. The number of fused-ring (bicyclic) bond motifs is 1. The molecule has 0 radical (unpaired) electrons. The highest BCUT2D eigenvalue weighted by Gasteiger charge is 2.15. The number of carbonyl (C=O) groups excluding carboxylic acids is 1. The summed E-state index contributed by atoms with van der Waals surface area (Å²) >= 11 is 0. The zero-order chi connectivity index (χ0) is 17.9. The van der Waals surface area contributed by atoms with Gasteiger partial charge in [0.1, 0.15) is 6.54 Å². The number of hydrogen-bond acceptors (Lipinski definition) is 4. The lowest BCUT2D eigenvalue weighted by Crippen LogP contribution is -2.24. The average molecular weight is 348 g/mol. The number of para-hydroxylation sites is 1. The molecule has 1 aromatic heterocycles. The van der Waals surface area contributed by atoms with Gasteiger partial charge in [0.25, 0.3) is 0 Å². The maximum absolute atomic E-state index is 12.4. The molecule has 1 amide bonds. The van der Waals surface area contributed by atoms with Crippen LogP contribution in [0.3, 0.4) is 0 Å². The summed E-state index contributed by atoms with van der Waals surface area (Å²) in [5.41, 5.74) is 9.01. The lowest BCUT2D eigenvalue weighted by molar-refractivity contribution is -0.116. The standard InChI is InChI=1S/C20H20N4O2/c25-19-10-12-24(18-4-2-1-3-16(18)19)13-20(26)22-15-7-5-14(6-8-15)17-9-11-21-23-17/h1-8,10,12,17,21,23H,9,11,13H2,(H,22,26). The van der Waals surface area contributed by atoms with Crippen molar-refractivity contribution in [2.75, 3.05) is 11.9 Å². The Kier molecular flexibility index (Phi) is 4.51. The van der Waals surface area contributed by atoms with E-state index in [2.05, 4.69) is 16.2 Å². The van der Waals surface area contributed by atoms with Gasteiger partial charge >= 0.3 is 0 Å². The van der Waals surface area contributed by atoms with Crippen molar-refractivity contribution >= 4 is 22.5 Å². The van der Waals surface area contributed by atoms with Gasteiger partial charge in [-0.15, -0.1) is 0 Å².